The number of nitrogens with zero attached hydrogens (tertiary/aromatic N) is 3. The van der Waals surface area contributed by atoms with Gasteiger partial charge in [-0.05, 0) is 36.8 Å². The fourth-order valence-electron chi connectivity index (χ4n) is 3.28. The predicted molar refractivity (Wildman–Crippen MR) is 109 cm³/mol. The molecule has 0 saturated carbocycles. The van der Waals surface area contributed by atoms with Crippen molar-refractivity contribution < 1.29 is 13.2 Å². The van der Waals surface area contributed by atoms with Gasteiger partial charge in [0.2, 0.25) is 5.95 Å². The molecule has 4 rings (SSSR count). The van der Waals surface area contributed by atoms with Gasteiger partial charge in [-0.1, -0.05) is 30.3 Å². The lowest BCUT2D eigenvalue weighted by atomic mass is 10.1. The standard InChI is InChI=1S/C20H22N4O3S/c1-14-19(15(2)22-20(21-14)24-9-11-27-12-10-24)23-28(25,26)18-8-7-16-5-3-4-6-17(16)13-18/h3-8,13,23H,9-12H2,1-2H3. The van der Waals surface area contributed by atoms with Gasteiger partial charge in [0, 0.05) is 13.1 Å². The van der Waals surface area contributed by atoms with Crippen LogP contribution in [0.2, 0.25) is 0 Å². The third kappa shape index (κ3) is 3.65. The largest absolute Gasteiger partial charge is 0.378 e. The van der Waals surface area contributed by atoms with Gasteiger partial charge in [-0.2, -0.15) is 0 Å². The Morgan fingerprint density at radius 1 is 0.964 bits per heavy atom. The highest BCUT2D eigenvalue weighted by atomic mass is 32.2. The molecule has 0 spiro atoms. The molecule has 7 nitrogen and oxygen atoms in total. The maximum Gasteiger partial charge on any atom is 0.262 e. The van der Waals surface area contributed by atoms with Crippen LogP contribution < -0.4 is 9.62 Å². The minimum atomic E-state index is -3.75. The van der Waals surface area contributed by atoms with Crippen molar-refractivity contribution in [2.24, 2.45) is 0 Å². The fraction of sp³-hybridized carbons (Fsp3) is 0.300. The molecule has 28 heavy (non-hydrogen) atoms. The average Bonchev–Trinajstić information content (AvgIpc) is 2.71. The third-order valence-corrected chi connectivity index (χ3v) is 6.17. The fourth-order valence-corrected chi connectivity index (χ4v) is 4.49. The Bertz CT molecular complexity index is 1100. The van der Waals surface area contributed by atoms with Crippen LogP contribution in [0.25, 0.3) is 10.8 Å². The van der Waals surface area contributed by atoms with Gasteiger partial charge in [0.15, 0.2) is 0 Å². The highest BCUT2D eigenvalue weighted by Crippen LogP contribution is 2.25. The minimum Gasteiger partial charge on any atom is -0.378 e. The number of hydrogen-bond acceptors (Lipinski definition) is 6. The van der Waals surface area contributed by atoms with E-state index in [2.05, 4.69) is 14.7 Å². The van der Waals surface area contributed by atoms with E-state index in [0.717, 1.165) is 23.9 Å². The number of morpholine rings is 1. The molecule has 2 aromatic carbocycles. The summed E-state index contributed by atoms with van der Waals surface area (Å²) >= 11 is 0. The van der Waals surface area contributed by atoms with E-state index in [0.29, 0.717) is 36.2 Å². The predicted octanol–water partition coefficient (Wildman–Crippen LogP) is 2.88. The Hall–Kier alpha value is -2.71. The minimum absolute atomic E-state index is 0.210. The summed E-state index contributed by atoms with van der Waals surface area (Å²) in [5.41, 5.74) is 1.61. The molecule has 1 aliphatic rings. The van der Waals surface area contributed by atoms with Crippen LogP contribution in [-0.2, 0) is 14.8 Å². The average molecular weight is 398 g/mol. The summed E-state index contributed by atoms with van der Waals surface area (Å²) in [6.07, 6.45) is 0. The van der Waals surface area contributed by atoms with Gasteiger partial charge in [0.1, 0.15) is 0 Å². The van der Waals surface area contributed by atoms with Crippen molar-refractivity contribution in [1.82, 2.24) is 9.97 Å². The molecule has 1 aromatic heterocycles. The van der Waals surface area contributed by atoms with Gasteiger partial charge < -0.3 is 9.64 Å². The van der Waals surface area contributed by atoms with E-state index < -0.39 is 10.0 Å². The van der Waals surface area contributed by atoms with Crippen LogP contribution in [-0.4, -0.2) is 44.7 Å². The molecule has 0 atom stereocenters. The zero-order valence-electron chi connectivity index (χ0n) is 15.8. The second-order valence-electron chi connectivity index (χ2n) is 6.78. The highest BCUT2D eigenvalue weighted by molar-refractivity contribution is 7.92. The summed E-state index contributed by atoms with van der Waals surface area (Å²) in [6.45, 7) is 6.30. The van der Waals surface area contributed by atoms with Gasteiger partial charge in [-0.25, -0.2) is 18.4 Å². The van der Waals surface area contributed by atoms with Crippen LogP contribution in [0, 0.1) is 13.8 Å². The van der Waals surface area contributed by atoms with E-state index in [9.17, 15) is 8.42 Å². The summed E-state index contributed by atoms with van der Waals surface area (Å²) < 4.78 is 33.9. The first-order valence-electron chi connectivity index (χ1n) is 9.13. The number of aryl methyl sites for hydroxylation is 2. The quantitative estimate of drug-likeness (QED) is 0.727. The highest BCUT2D eigenvalue weighted by Gasteiger charge is 2.21. The zero-order chi connectivity index (χ0) is 19.7. The molecule has 1 N–H and O–H groups in total. The number of benzene rings is 2. The maximum absolute atomic E-state index is 12.9. The molecule has 1 aliphatic heterocycles. The van der Waals surface area contributed by atoms with Crippen LogP contribution in [0.15, 0.2) is 47.4 Å². The van der Waals surface area contributed by atoms with Crippen molar-refractivity contribution in [3.05, 3.63) is 53.9 Å². The second-order valence-corrected chi connectivity index (χ2v) is 8.47. The molecule has 0 bridgehead atoms. The van der Waals surface area contributed by atoms with Crippen LogP contribution >= 0.6 is 0 Å². The van der Waals surface area contributed by atoms with Gasteiger partial charge in [-0.15, -0.1) is 0 Å². The van der Waals surface area contributed by atoms with Crippen molar-refractivity contribution in [2.75, 3.05) is 35.9 Å². The molecule has 0 amide bonds. The van der Waals surface area contributed by atoms with E-state index in [1.807, 2.05) is 35.2 Å². The SMILES string of the molecule is Cc1nc(N2CCOCC2)nc(C)c1NS(=O)(=O)c1ccc2ccccc2c1. The summed E-state index contributed by atoms with van der Waals surface area (Å²) in [6, 6.07) is 12.7. The Labute approximate surface area is 164 Å². The Morgan fingerprint density at radius 2 is 1.61 bits per heavy atom. The number of sulfonamides is 1. The molecule has 3 aromatic rings. The van der Waals surface area contributed by atoms with E-state index in [1.54, 1.807) is 26.0 Å². The molecule has 2 heterocycles. The number of ether oxygens (including phenoxy) is 1. The van der Waals surface area contributed by atoms with Gasteiger partial charge in [-0.3, -0.25) is 4.72 Å². The molecular weight excluding hydrogens is 376 g/mol. The van der Waals surface area contributed by atoms with Gasteiger partial charge in [0.25, 0.3) is 10.0 Å². The lowest BCUT2D eigenvalue weighted by Gasteiger charge is -2.27. The van der Waals surface area contributed by atoms with E-state index in [4.69, 9.17) is 4.74 Å². The summed E-state index contributed by atoms with van der Waals surface area (Å²) in [7, 11) is -3.75. The van der Waals surface area contributed by atoms with Crippen LogP contribution in [0.5, 0.6) is 0 Å². The third-order valence-electron chi connectivity index (χ3n) is 4.82. The number of hydrogen-bond donors (Lipinski definition) is 1. The molecule has 146 valence electrons. The number of nitrogens with one attached hydrogen (secondary N) is 1. The van der Waals surface area contributed by atoms with Crippen molar-refractivity contribution in [3.8, 4) is 0 Å². The van der Waals surface area contributed by atoms with Crippen molar-refractivity contribution in [1.29, 1.82) is 0 Å². The normalized spacial score (nSPS) is 15.0. The van der Waals surface area contributed by atoms with E-state index >= 15 is 0 Å². The summed E-state index contributed by atoms with van der Waals surface area (Å²) in [4.78, 5) is 11.3. The molecule has 1 fully saturated rings. The Morgan fingerprint density at radius 3 is 2.29 bits per heavy atom. The topological polar surface area (TPSA) is 84.4 Å². The molecule has 8 heteroatoms. The van der Waals surface area contributed by atoms with Gasteiger partial charge >= 0.3 is 0 Å². The monoisotopic (exact) mass is 398 g/mol. The van der Waals surface area contributed by atoms with Crippen LogP contribution in [0.1, 0.15) is 11.4 Å². The van der Waals surface area contributed by atoms with E-state index in [-0.39, 0.29) is 4.90 Å². The summed E-state index contributed by atoms with van der Waals surface area (Å²) in [5.74, 6) is 0.604. The number of rotatable bonds is 4. The molecule has 0 unspecified atom stereocenters. The van der Waals surface area contributed by atoms with Crippen LogP contribution in [0.3, 0.4) is 0 Å². The van der Waals surface area contributed by atoms with Crippen molar-refractivity contribution >= 4 is 32.4 Å². The first-order chi connectivity index (χ1) is 13.4. The zero-order valence-corrected chi connectivity index (χ0v) is 16.7. The number of anilines is 2. The first kappa shape index (κ1) is 18.6. The second kappa shape index (κ2) is 7.37. The summed E-state index contributed by atoms with van der Waals surface area (Å²) in [5, 5.41) is 1.87. The van der Waals surface area contributed by atoms with E-state index in [1.165, 1.54) is 0 Å². The maximum atomic E-state index is 12.9. The lowest BCUT2D eigenvalue weighted by Crippen LogP contribution is -2.37. The number of aromatic nitrogens is 2. The first-order valence-corrected chi connectivity index (χ1v) is 10.6. The van der Waals surface area contributed by atoms with Gasteiger partial charge in [0.05, 0.1) is 35.2 Å². The molecule has 0 radical (unpaired) electrons. The Kier molecular flexibility index (Phi) is 4.91. The molecular formula is C20H22N4O3S. The lowest BCUT2D eigenvalue weighted by molar-refractivity contribution is 0.122. The van der Waals surface area contributed by atoms with Crippen molar-refractivity contribution in [2.45, 2.75) is 18.7 Å². The number of fused-ring (bicyclic) bond motifs is 1. The Balaban J connectivity index is 1.65. The smallest absolute Gasteiger partial charge is 0.262 e. The molecule has 1 saturated heterocycles. The van der Waals surface area contributed by atoms with Crippen molar-refractivity contribution in [3.63, 3.8) is 0 Å². The molecule has 0 aliphatic carbocycles. The van der Waals surface area contributed by atoms with Crippen LogP contribution in [0.4, 0.5) is 11.6 Å².